The zero-order chi connectivity index (χ0) is 16.9. The number of rotatable bonds is 6. The van der Waals surface area contributed by atoms with E-state index in [1.54, 1.807) is 24.3 Å². The fourth-order valence-corrected chi connectivity index (χ4v) is 2.08. The molecule has 0 atom stereocenters. The third-order valence-corrected chi connectivity index (χ3v) is 3.42. The van der Waals surface area contributed by atoms with E-state index in [-0.39, 0.29) is 4.84 Å². The van der Waals surface area contributed by atoms with E-state index in [4.69, 9.17) is 33.2 Å². The first-order chi connectivity index (χ1) is 11.2. The topological polar surface area (TPSA) is 33.0 Å². The van der Waals surface area contributed by atoms with E-state index >= 15 is 0 Å². The van der Waals surface area contributed by atoms with Crippen LogP contribution in [0.4, 0.5) is 0 Å². The monoisotopic (exact) mass is 349 g/mol. The van der Waals surface area contributed by atoms with Crippen LogP contribution in [0.2, 0.25) is 0 Å². The summed E-state index contributed by atoms with van der Waals surface area (Å²) in [6, 6.07) is 18.6. The minimum Gasteiger partial charge on any atom is -0.457 e. The molecule has 0 saturated carbocycles. The molecule has 2 aromatic rings. The van der Waals surface area contributed by atoms with Gasteiger partial charge in [0.05, 0.1) is 11.6 Å². The van der Waals surface area contributed by atoms with Gasteiger partial charge in [-0.2, -0.15) is 5.26 Å². The lowest BCUT2D eigenvalue weighted by molar-refractivity contribution is 0.482. The standard InChI is InChI=1S/C13H9NO.C6H12Cl2/c14-10-11-6-8-13(9-7-11)15-12-4-2-1-3-5-12;1-2-3-4-5-6(7)8/h1-9H;6H,2-5H2,1H3. The number of ether oxygens (including phenoxy) is 1. The molecule has 0 aliphatic rings. The Morgan fingerprint density at radius 1 is 0.957 bits per heavy atom. The molecule has 2 nitrogen and oxygen atoms in total. The summed E-state index contributed by atoms with van der Waals surface area (Å²) in [7, 11) is 0. The summed E-state index contributed by atoms with van der Waals surface area (Å²) in [5, 5.41) is 8.63. The van der Waals surface area contributed by atoms with E-state index in [9.17, 15) is 0 Å². The second-order valence-electron chi connectivity index (χ2n) is 4.94. The van der Waals surface area contributed by atoms with Gasteiger partial charge in [0.1, 0.15) is 16.3 Å². The minimum absolute atomic E-state index is 0.151. The Morgan fingerprint density at radius 3 is 2.09 bits per heavy atom. The van der Waals surface area contributed by atoms with Crippen LogP contribution in [0.25, 0.3) is 0 Å². The SMILES string of the molecule is CCCCCC(Cl)Cl.N#Cc1ccc(Oc2ccccc2)cc1. The van der Waals surface area contributed by atoms with Crippen molar-refractivity contribution in [2.24, 2.45) is 0 Å². The third-order valence-electron chi connectivity index (χ3n) is 2.99. The molecule has 0 saturated heterocycles. The van der Waals surface area contributed by atoms with Crippen LogP contribution >= 0.6 is 23.2 Å². The smallest absolute Gasteiger partial charge is 0.127 e. The fourth-order valence-electron chi connectivity index (χ4n) is 1.77. The summed E-state index contributed by atoms with van der Waals surface area (Å²) in [6.45, 7) is 2.16. The first-order valence-corrected chi connectivity index (χ1v) is 8.54. The van der Waals surface area contributed by atoms with Gasteiger partial charge >= 0.3 is 0 Å². The van der Waals surface area contributed by atoms with Crippen molar-refractivity contribution in [3.63, 3.8) is 0 Å². The van der Waals surface area contributed by atoms with Gasteiger partial charge in [0.15, 0.2) is 0 Å². The molecule has 0 fully saturated rings. The predicted octanol–water partition coefficient (Wildman–Crippen LogP) is 6.72. The summed E-state index contributed by atoms with van der Waals surface area (Å²) < 4.78 is 5.57. The van der Waals surface area contributed by atoms with Gasteiger partial charge in [0.2, 0.25) is 0 Å². The molecule has 0 aliphatic carbocycles. The van der Waals surface area contributed by atoms with Crippen LogP contribution in [-0.4, -0.2) is 4.84 Å². The van der Waals surface area contributed by atoms with Crippen LogP contribution in [0.5, 0.6) is 11.5 Å². The summed E-state index contributed by atoms with van der Waals surface area (Å²) in [6.07, 6.45) is 4.58. The summed E-state index contributed by atoms with van der Waals surface area (Å²) in [4.78, 5) is -0.151. The average molecular weight is 350 g/mol. The van der Waals surface area contributed by atoms with Crippen molar-refractivity contribution < 1.29 is 4.74 Å². The van der Waals surface area contributed by atoms with Gasteiger partial charge in [-0.25, -0.2) is 0 Å². The maximum absolute atomic E-state index is 8.63. The number of hydrogen-bond acceptors (Lipinski definition) is 2. The van der Waals surface area contributed by atoms with E-state index in [0.29, 0.717) is 5.56 Å². The molecule has 0 spiro atoms. The Bertz CT molecular complexity index is 577. The van der Waals surface area contributed by atoms with Crippen LogP contribution in [0.1, 0.15) is 38.2 Å². The van der Waals surface area contributed by atoms with Crippen molar-refractivity contribution in [3.05, 3.63) is 60.2 Å². The van der Waals surface area contributed by atoms with Crippen molar-refractivity contribution in [3.8, 4) is 17.6 Å². The molecule has 0 aromatic heterocycles. The van der Waals surface area contributed by atoms with Gasteiger partial charge in [-0.1, -0.05) is 44.4 Å². The van der Waals surface area contributed by atoms with E-state index in [2.05, 4.69) is 13.0 Å². The highest BCUT2D eigenvalue weighted by Gasteiger charge is 1.96. The Kier molecular flexibility index (Phi) is 9.95. The van der Waals surface area contributed by atoms with E-state index < -0.39 is 0 Å². The lowest BCUT2D eigenvalue weighted by Gasteiger charge is -2.04. The first kappa shape index (κ1) is 19.4. The second kappa shape index (κ2) is 11.8. The third kappa shape index (κ3) is 9.13. The Morgan fingerprint density at radius 2 is 1.57 bits per heavy atom. The Labute approximate surface area is 148 Å². The van der Waals surface area contributed by atoms with Crippen LogP contribution in [-0.2, 0) is 0 Å². The molecule has 0 radical (unpaired) electrons. The molecular formula is C19H21Cl2NO. The maximum Gasteiger partial charge on any atom is 0.127 e. The van der Waals surface area contributed by atoms with Gasteiger partial charge < -0.3 is 4.74 Å². The quantitative estimate of drug-likeness (QED) is 0.428. The second-order valence-corrected chi connectivity index (χ2v) is 6.22. The predicted molar refractivity (Wildman–Crippen MR) is 97.3 cm³/mol. The number of nitriles is 1. The van der Waals surface area contributed by atoms with E-state index in [1.807, 2.05) is 30.3 Å². The number of alkyl halides is 2. The molecule has 122 valence electrons. The molecule has 23 heavy (non-hydrogen) atoms. The number of benzene rings is 2. The highest BCUT2D eigenvalue weighted by molar-refractivity contribution is 6.44. The molecular weight excluding hydrogens is 329 g/mol. The summed E-state index contributed by atoms with van der Waals surface area (Å²) in [5.41, 5.74) is 0.635. The first-order valence-electron chi connectivity index (χ1n) is 7.67. The zero-order valence-electron chi connectivity index (χ0n) is 13.2. The number of nitrogens with zero attached hydrogens (tertiary/aromatic N) is 1. The molecule has 2 aromatic carbocycles. The molecule has 0 heterocycles. The van der Waals surface area contributed by atoms with Crippen LogP contribution < -0.4 is 4.74 Å². The largest absolute Gasteiger partial charge is 0.457 e. The van der Waals surface area contributed by atoms with Gasteiger partial charge in [-0.15, -0.1) is 23.2 Å². The highest BCUT2D eigenvalue weighted by Crippen LogP contribution is 2.20. The van der Waals surface area contributed by atoms with Gasteiger partial charge in [-0.3, -0.25) is 0 Å². The maximum atomic E-state index is 8.63. The van der Waals surface area contributed by atoms with Gasteiger partial charge in [0.25, 0.3) is 0 Å². The van der Waals surface area contributed by atoms with Crippen LogP contribution in [0, 0.1) is 11.3 Å². The Balaban J connectivity index is 0.000000284. The molecule has 0 unspecified atom stereocenters. The fraction of sp³-hybridized carbons (Fsp3) is 0.316. The summed E-state index contributed by atoms with van der Waals surface area (Å²) in [5.74, 6) is 1.53. The van der Waals surface area contributed by atoms with Gasteiger partial charge in [0, 0.05) is 0 Å². The average Bonchev–Trinajstić information content (AvgIpc) is 2.57. The van der Waals surface area contributed by atoms with Crippen LogP contribution in [0.15, 0.2) is 54.6 Å². The van der Waals surface area contributed by atoms with Crippen LogP contribution in [0.3, 0.4) is 0 Å². The highest BCUT2D eigenvalue weighted by atomic mass is 35.5. The Hall–Kier alpha value is -1.69. The number of halogens is 2. The lowest BCUT2D eigenvalue weighted by atomic mass is 10.2. The van der Waals surface area contributed by atoms with Crippen molar-refractivity contribution in [2.75, 3.05) is 0 Å². The zero-order valence-corrected chi connectivity index (χ0v) is 14.7. The van der Waals surface area contributed by atoms with Crippen molar-refractivity contribution in [1.82, 2.24) is 0 Å². The van der Waals surface area contributed by atoms with Crippen molar-refractivity contribution >= 4 is 23.2 Å². The number of para-hydroxylation sites is 1. The normalized spacial score (nSPS) is 9.70. The van der Waals surface area contributed by atoms with E-state index in [1.165, 1.54) is 12.8 Å². The minimum atomic E-state index is -0.151. The molecule has 0 N–H and O–H groups in total. The molecule has 2 rings (SSSR count). The van der Waals surface area contributed by atoms with Gasteiger partial charge in [-0.05, 0) is 42.8 Å². The molecule has 0 amide bonds. The van der Waals surface area contributed by atoms with Crippen molar-refractivity contribution in [1.29, 1.82) is 5.26 Å². The summed E-state index contributed by atoms with van der Waals surface area (Å²) >= 11 is 11.0. The number of hydrogen-bond donors (Lipinski definition) is 0. The molecule has 0 aliphatic heterocycles. The molecule has 0 bridgehead atoms. The van der Waals surface area contributed by atoms with Crippen molar-refractivity contribution in [2.45, 2.75) is 37.4 Å². The lowest BCUT2D eigenvalue weighted by Crippen LogP contribution is -1.84. The molecule has 4 heteroatoms. The number of unbranched alkanes of at least 4 members (excludes halogenated alkanes) is 2. The van der Waals surface area contributed by atoms with E-state index in [0.717, 1.165) is 24.3 Å².